The molecule has 0 aliphatic carbocycles. The van der Waals surface area contributed by atoms with Crippen molar-refractivity contribution in [2.45, 2.75) is 51.7 Å². The van der Waals surface area contributed by atoms with E-state index >= 15 is 0 Å². The predicted molar refractivity (Wildman–Crippen MR) is 82.7 cm³/mol. The Morgan fingerprint density at radius 2 is 1.94 bits per heavy atom. The lowest BCUT2D eigenvalue weighted by Crippen LogP contribution is -2.53. The topological polar surface area (TPSA) is 38.3 Å². The quantitative estimate of drug-likeness (QED) is 0.733. The van der Waals surface area contributed by atoms with Crippen molar-refractivity contribution >= 4 is 34.3 Å². The van der Waals surface area contributed by atoms with Crippen LogP contribution < -0.4 is 4.98 Å². The van der Waals surface area contributed by atoms with E-state index in [-0.39, 0.29) is 5.97 Å². The normalized spacial score (nSPS) is 17.9. The van der Waals surface area contributed by atoms with Crippen LogP contribution in [-0.4, -0.2) is 40.5 Å². The molecule has 1 unspecified atom stereocenters. The third kappa shape index (κ3) is 9.87. The van der Waals surface area contributed by atoms with E-state index in [0.717, 1.165) is 11.8 Å². The molecule has 0 aromatic heterocycles. The molecule has 0 radical (unpaired) electrons. The standard InChI is InChI=1S/C11H27NO2SSi2/c1-15-9-8-10(12-16(2,3)4)11(13)14-17(5,6)7/h10,12H,8-9H2,1-7H3/i1D3. The van der Waals surface area contributed by atoms with Gasteiger partial charge >= 0.3 is 5.97 Å². The van der Waals surface area contributed by atoms with Crippen molar-refractivity contribution in [2.24, 2.45) is 0 Å². The number of thioether (sulfide) groups is 1. The van der Waals surface area contributed by atoms with Crippen LogP contribution in [0, 0.1) is 0 Å². The molecule has 1 N–H and O–H groups in total. The molecule has 0 aliphatic rings. The molecule has 0 saturated carbocycles. The van der Waals surface area contributed by atoms with Crippen molar-refractivity contribution in [1.82, 2.24) is 4.98 Å². The summed E-state index contributed by atoms with van der Waals surface area (Å²) < 4.78 is 27.1. The van der Waals surface area contributed by atoms with Crippen LogP contribution in [0.25, 0.3) is 0 Å². The van der Waals surface area contributed by atoms with Gasteiger partial charge in [0.05, 0.1) is 6.04 Å². The molecule has 0 aliphatic heterocycles. The zero-order valence-corrected chi connectivity index (χ0v) is 14.5. The van der Waals surface area contributed by atoms with Gasteiger partial charge < -0.3 is 9.41 Å². The number of rotatable bonds is 7. The summed E-state index contributed by atoms with van der Waals surface area (Å²) in [6, 6.07) is -0.400. The van der Waals surface area contributed by atoms with Crippen molar-refractivity contribution < 1.29 is 13.3 Å². The molecule has 0 heterocycles. The van der Waals surface area contributed by atoms with Gasteiger partial charge in [-0.1, -0.05) is 19.6 Å². The number of carbonyl (C=O) groups excluding carboxylic acids is 1. The lowest BCUT2D eigenvalue weighted by molar-refractivity contribution is -0.137. The van der Waals surface area contributed by atoms with E-state index in [0.29, 0.717) is 12.2 Å². The van der Waals surface area contributed by atoms with Crippen molar-refractivity contribution in [3.8, 4) is 0 Å². The summed E-state index contributed by atoms with van der Waals surface area (Å²) >= 11 is 0.902. The molecular formula is C11H27NO2SSi2. The van der Waals surface area contributed by atoms with E-state index in [1.165, 1.54) is 0 Å². The maximum absolute atomic E-state index is 12.2. The average Bonchev–Trinajstić information content (AvgIpc) is 2.09. The van der Waals surface area contributed by atoms with E-state index in [4.69, 9.17) is 8.54 Å². The number of hydrogen-bond donors (Lipinski definition) is 1. The zero-order chi connectivity index (χ0) is 16.2. The van der Waals surface area contributed by atoms with E-state index in [1.54, 1.807) is 0 Å². The zero-order valence-electron chi connectivity index (χ0n) is 14.7. The fraction of sp³-hybridized carbons (Fsp3) is 0.909. The van der Waals surface area contributed by atoms with E-state index in [2.05, 4.69) is 24.6 Å². The maximum atomic E-state index is 12.2. The van der Waals surface area contributed by atoms with Crippen LogP contribution in [0.15, 0.2) is 0 Å². The second-order valence-electron chi connectivity index (χ2n) is 6.12. The highest BCUT2D eigenvalue weighted by Crippen LogP contribution is 2.11. The van der Waals surface area contributed by atoms with Crippen LogP contribution in [0.3, 0.4) is 0 Å². The summed E-state index contributed by atoms with van der Waals surface area (Å²) in [7, 11) is -3.57. The highest BCUT2D eigenvalue weighted by atomic mass is 32.2. The molecule has 0 rings (SSSR count). The van der Waals surface area contributed by atoms with Crippen LogP contribution in [0.5, 0.6) is 0 Å². The first-order chi connectivity index (χ1) is 8.70. The lowest BCUT2D eigenvalue weighted by Gasteiger charge is -2.28. The second-order valence-corrected chi connectivity index (χ2v) is 16.0. The van der Waals surface area contributed by atoms with Crippen molar-refractivity contribution in [1.29, 1.82) is 0 Å². The van der Waals surface area contributed by atoms with Crippen LogP contribution in [0.1, 0.15) is 10.5 Å². The molecule has 0 saturated heterocycles. The minimum Gasteiger partial charge on any atom is -0.519 e. The Bertz CT molecular complexity index is 327. The van der Waals surface area contributed by atoms with Gasteiger partial charge in [0.25, 0.3) is 0 Å². The summed E-state index contributed by atoms with van der Waals surface area (Å²) in [4.78, 5) is 15.6. The number of nitrogens with one attached hydrogen (secondary N) is 1. The molecule has 6 heteroatoms. The first-order valence-electron chi connectivity index (χ1n) is 7.34. The van der Waals surface area contributed by atoms with Gasteiger partial charge in [-0.2, -0.15) is 11.8 Å². The average molecular weight is 297 g/mol. The Morgan fingerprint density at radius 1 is 1.35 bits per heavy atom. The van der Waals surface area contributed by atoms with Crippen LogP contribution in [0.2, 0.25) is 39.3 Å². The van der Waals surface area contributed by atoms with Gasteiger partial charge in [0, 0.05) is 4.11 Å². The molecule has 17 heavy (non-hydrogen) atoms. The SMILES string of the molecule is [2H]C([2H])([2H])SCCC(N[Si](C)(C)C)C(=O)O[Si](C)(C)C. The molecular weight excluding hydrogens is 266 g/mol. The minimum atomic E-state index is -2.01. The highest BCUT2D eigenvalue weighted by Gasteiger charge is 2.29. The maximum Gasteiger partial charge on any atom is 0.309 e. The number of carbonyl (C=O) groups is 1. The summed E-state index contributed by atoms with van der Waals surface area (Å²) in [5.74, 6) is 0.178. The summed E-state index contributed by atoms with van der Waals surface area (Å²) in [6.07, 6.45) is -1.52. The molecule has 0 spiro atoms. The highest BCUT2D eigenvalue weighted by molar-refractivity contribution is 7.98. The van der Waals surface area contributed by atoms with Gasteiger partial charge in [-0.05, 0) is 38.0 Å². The Balaban J connectivity index is 4.61. The number of hydrogen-bond acceptors (Lipinski definition) is 4. The summed E-state index contributed by atoms with van der Waals surface area (Å²) in [5, 5.41) is 0. The smallest absolute Gasteiger partial charge is 0.309 e. The van der Waals surface area contributed by atoms with E-state index < -0.39 is 28.8 Å². The van der Waals surface area contributed by atoms with E-state index in [1.807, 2.05) is 19.6 Å². The first kappa shape index (κ1) is 12.3. The molecule has 1 atom stereocenters. The predicted octanol–water partition coefficient (Wildman–Crippen LogP) is 2.91. The monoisotopic (exact) mass is 296 g/mol. The molecule has 0 aromatic rings. The minimum absolute atomic E-state index is 0.238. The Kier molecular flexibility index (Phi) is 5.02. The van der Waals surface area contributed by atoms with Crippen molar-refractivity contribution in [2.75, 3.05) is 11.9 Å². The molecule has 0 aromatic carbocycles. The second kappa shape index (κ2) is 6.96. The largest absolute Gasteiger partial charge is 0.519 e. The van der Waals surface area contributed by atoms with Crippen LogP contribution >= 0.6 is 11.8 Å². The van der Waals surface area contributed by atoms with Crippen molar-refractivity contribution in [3.63, 3.8) is 0 Å². The Morgan fingerprint density at radius 3 is 2.35 bits per heavy atom. The van der Waals surface area contributed by atoms with Crippen LogP contribution in [-0.2, 0) is 9.22 Å². The van der Waals surface area contributed by atoms with Gasteiger partial charge in [-0.25, -0.2) is 0 Å². The lowest BCUT2D eigenvalue weighted by atomic mass is 10.2. The van der Waals surface area contributed by atoms with Gasteiger partial charge in [0.15, 0.2) is 0 Å². The molecule has 0 bridgehead atoms. The molecule has 102 valence electrons. The molecule has 0 amide bonds. The third-order valence-electron chi connectivity index (χ3n) is 1.81. The fourth-order valence-corrected chi connectivity index (χ4v) is 3.73. The fourth-order valence-electron chi connectivity index (χ4n) is 1.32. The summed E-state index contributed by atoms with van der Waals surface area (Å²) in [5.41, 5.74) is 0. The van der Waals surface area contributed by atoms with Gasteiger partial charge in [-0.15, -0.1) is 0 Å². The Labute approximate surface area is 117 Å². The van der Waals surface area contributed by atoms with Crippen LogP contribution in [0.4, 0.5) is 0 Å². The van der Waals surface area contributed by atoms with Gasteiger partial charge in [0.2, 0.25) is 8.32 Å². The van der Waals surface area contributed by atoms with Crippen molar-refractivity contribution in [3.05, 3.63) is 0 Å². The Hall–Kier alpha value is 0.214. The first-order valence-corrected chi connectivity index (χ1v) is 13.7. The van der Waals surface area contributed by atoms with Gasteiger partial charge in [-0.3, -0.25) is 4.79 Å². The van der Waals surface area contributed by atoms with Gasteiger partial charge in [0.1, 0.15) is 8.24 Å². The molecule has 0 fully saturated rings. The third-order valence-corrected chi connectivity index (χ3v) is 4.27. The summed E-state index contributed by atoms with van der Waals surface area (Å²) in [6.45, 7) is 12.2. The molecule has 3 nitrogen and oxygen atoms in total. The van der Waals surface area contributed by atoms with E-state index in [9.17, 15) is 4.79 Å².